The van der Waals surface area contributed by atoms with Crippen LogP contribution in [0.4, 0.5) is 5.69 Å². The van der Waals surface area contributed by atoms with Gasteiger partial charge < -0.3 is 25.0 Å². The van der Waals surface area contributed by atoms with Crippen molar-refractivity contribution in [2.24, 2.45) is 0 Å². The number of anilines is 1. The van der Waals surface area contributed by atoms with Crippen LogP contribution in [0.1, 0.15) is 0 Å². The van der Waals surface area contributed by atoms with E-state index in [1.165, 1.54) is 0 Å². The van der Waals surface area contributed by atoms with Gasteiger partial charge in [-0.05, 0) is 24.4 Å². The van der Waals surface area contributed by atoms with Crippen molar-refractivity contribution in [1.29, 1.82) is 0 Å². The average Bonchev–Trinajstić information content (AvgIpc) is 2.63. The van der Waals surface area contributed by atoms with Crippen LogP contribution >= 0.6 is 12.2 Å². The Morgan fingerprint density at radius 1 is 1.08 bits per heavy atom. The van der Waals surface area contributed by atoms with E-state index in [1.807, 2.05) is 18.2 Å². The summed E-state index contributed by atoms with van der Waals surface area (Å²) in [4.78, 5) is 6.82. The highest BCUT2D eigenvalue weighted by atomic mass is 32.1. The van der Waals surface area contributed by atoms with Gasteiger partial charge in [0.05, 0.1) is 18.9 Å². The first-order chi connectivity index (χ1) is 11.7. The molecular weight excluding hydrogens is 324 g/mol. The van der Waals surface area contributed by atoms with E-state index in [4.69, 9.17) is 17.0 Å². The quantitative estimate of drug-likeness (QED) is 0.776. The largest absolute Gasteiger partial charge is 0.506 e. The summed E-state index contributed by atoms with van der Waals surface area (Å²) in [6.45, 7) is 9.03. The predicted octanol–water partition coefficient (Wildman–Crippen LogP) is 0.721. The molecule has 0 atom stereocenters. The molecule has 0 radical (unpaired) electrons. The Hall–Kier alpha value is -1.57. The van der Waals surface area contributed by atoms with Crippen LogP contribution in [0.25, 0.3) is 0 Å². The topological polar surface area (TPSA) is 51.2 Å². The minimum absolute atomic E-state index is 0.345. The number of thiocarbonyl (C=S) groups is 1. The van der Waals surface area contributed by atoms with E-state index in [0.29, 0.717) is 5.75 Å². The molecule has 0 bridgehead atoms. The molecule has 24 heavy (non-hydrogen) atoms. The number of nitrogens with one attached hydrogen (secondary N) is 1. The van der Waals surface area contributed by atoms with E-state index in [9.17, 15) is 5.11 Å². The molecule has 0 unspecified atom stereocenters. The van der Waals surface area contributed by atoms with Crippen LogP contribution in [0.15, 0.2) is 24.3 Å². The summed E-state index contributed by atoms with van der Waals surface area (Å²) in [6.07, 6.45) is 0. The molecule has 1 aromatic rings. The normalized spacial score (nSPS) is 19.3. The molecule has 7 heteroatoms. The molecule has 2 N–H and O–H groups in total. The number of aromatic hydroxyl groups is 1. The number of piperazine rings is 1. The number of hydrogen-bond acceptors (Lipinski definition) is 5. The SMILES string of the molecule is Oc1ccccc1N1CCN(C(=S)NCCN2CCOCC2)CC1. The molecule has 2 saturated heterocycles. The third-order valence-electron chi connectivity index (χ3n) is 4.60. The highest BCUT2D eigenvalue weighted by molar-refractivity contribution is 7.80. The minimum atomic E-state index is 0.345. The maximum Gasteiger partial charge on any atom is 0.169 e. The fourth-order valence-electron chi connectivity index (χ4n) is 3.14. The zero-order valence-corrected chi connectivity index (χ0v) is 14.8. The van der Waals surface area contributed by atoms with E-state index >= 15 is 0 Å². The Bertz CT molecular complexity index is 543. The van der Waals surface area contributed by atoms with Gasteiger partial charge in [-0.2, -0.15) is 0 Å². The summed E-state index contributed by atoms with van der Waals surface area (Å²) < 4.78 is 5.36. The second kappa shape index (κ2) is 8.50. The van der Waals surface area contributed by atoms with Gasteiger partial charge in [0.1, 0.15) is 5.75 Å². The van der Waals surface area contributed by atoms with Gasteiger partial charge in [-0.15, -0.1) is 0 Å². The van der Waals surface area contributed by atoms with Gasteiger partial charge in [-0.3, -0.25) is 4.90 Å². The zero-order chi connectivity index (χ0) is 16.8. The van der Waals surface area contributed by atoms with Crippen molar-refractivity contribution < 1.29 is 9.84 Å². The van der Waals surface area contributed by atoms with Crippen molar-refractivity contribution in [3.05, 3.63) is 24.3 Å². The Balaban J connectivity index is 1.39. The number of hydrogen-bond donors (Lipinski definition) is 2. The summed E-state index contributed by atoms with van der Waals surface area (Å²) in [5.41, 5.74) is 0.906. The van der Waals surface area contributed by atoms with Crippen LogP contribution in [0, 0.1) is 0 Å². The number of morpholine rings is 1. The molecule has 2 fully saturated rings. The molecule has 2 heterocycles. The molecule has 6 nitrogen and oxygen atoms in total. The fourth-order valence-corrected chi connectivity index (χ4v) is 3.42. The Morgan fingerprint density at radius 2 is 1.79 bits per heavy atom. The smallest absolute Gasteiger partial charge is 0.169 e. The van der Waals surface area contributed by atoms with Gasteiger partial charge in [0.25, 0.3) is 0 Å². The van der Waals surface area contributed by atoms with E-state index in [0.717, 1.165) is 76.4 Å². The molecule has 0 amide bonds. The Kier molecular flexibility index (Phi) is 6.12. The molecule has 132 valence electrons. The molecule has 2 aliphatic rings. The standard InChI is InChI=1S/C17H26N4O2S/c22-16-4-2-1-3-15(16)20-7-9-21(10-8-20)17(24)18-5-6-19-11-13-23-14-12-19/h1-4,22H,5-14H2,(H,18,24). The maximum atomic E-state index is 9.97. The van der Waals surface area contributed by atoms with Gasteiger partial charge in [-0.1, -0.05) is 12.1 Å². The maximum absolute atomic E-state index is 9.97. The summed E-state index contributed by atoms with van der Waals surface area (Å²) in [6, 6.07) is 7.51. The lowest BCUT2D eigenvalue weighted by atomic mass is 10.2. The molecule has 0 saturated carbocycles. The fraction of sp³-hybridized carbons (Fsp3) is 0.588. The third kappa shape index (κ3) is 4.49. The highest BCUT2D eigenvalue weighted by Crippen LogP contribution is 2.27. The van der Waals surface area contributed by atoms with Crippen LogP contribution in [0.3, 0.4) is 0 Å². The average molecular weight is 350 g/mol. The first-order valence-corrected chi connectivity index (χ1v) is 9.01. The van der Waals surface area contributed by atoms with Crippen molar-refractivity contribution >= 4 is 23.0 Å². The molecular formula is C17H26N4O2S. The number of benzene rings is 1. The number of para-hydroxylation sites is 2. The van der Waals surface area contributed by atoms with Gasteiger partial charge in [-0.25, -0.2) is 0 Å². The summed E-state index contributed by atoms with van der Waals surface area (Å²) in [5, 5.41) is 14.2. The summed E-state index contributed by atoms with van der Waals surface area (Å²) in [5.74, 6) is 0.345. The number of ether oxygens (including phenoxy) is 1. The summed E-state index contributed by atoms with van der Waals surface area (Å²) >= 11 is 5.53. The first kappa shape index (κ1) is 17.3. The Morgan fingerprint density at radius 3 is 2.50 bits per heavy atom. The summed E-state index contributed by atoms with van der Waals surface area (Å²) in [7, 11) is 0. The monoisotopic (exact) mass is 350 g/mol. The molecule has 1 aromatic carbocycles. The Labute approximate surface area is 149 Å². The van der Waals surface area contributed by atoms with Crippen LogP contribution < -0.4 is 10.2 Å². The molecule has 0 aromatic heterocycles. The molecule has 3 rings (SSSR count). The predicted molar refractivity (Wildman–Crippen MR) is 99.8 cm³/mol. The van der Waals surface area contributed by atoms with E-state index in [-0.39, 0.29) is 0 Å². The molecule has 0 spiro atoms. The van der Waals surface area contributed by atoms with Crippen molar-refractivity contribution in [1.82, 2.24) is 15.1 Å². The zero-order valence-electron chi connectivity index (χ0n) is 14.0. The van der Waals surface area contributed by atoms with E-state index < -0.39 is 0 Å². The lowest BCUT2D eigenvalue weighted by molar-refractivity contribution is 0.0388. The van der Waals surface area contributed by atoms with Crippen molar-refractivity contribution in [2.45, 2.75) is 0 Å². The van der Waals surface area contributed by atoms with Crippen LogP contribution in [0.5, 0.6) is 5.75 Å². The lowest BCUT2D eigenvalue weighted by Gasteiger charge is -2.37. The third-order valence-corrected chi connectivity index (χ3v) is 5.00. The van der Waals surface area contributed by atoms with Gasteiger partial charge >= 0.3 is 0 Å². The van der Waals surface area contributed by atoms with Crippen LogP contribution in [-0.2, 0) is 4.74 Å². The molecule has 0 aliphatic carbocycles. The second-order valence-corrected chi connectivity index (χ2v) is 6.54. The van der Waals surface area contributed by atoms with Crippen molar-refractivity contribution in [3.63, 3.8) is 0 Å². The van der Waals surface area contributed by atoms with Gasteiger partial charge in [0, 0.05) is 52.4 Å². The lowest BCUT2D eigenvalue weighted by Crippen LogP contribution is -2.52. The minimum Gasteiger partial charge on any atom is -0.506 e. The number of phenolic OH excluding ortho intramolecular Hbond substituents is 1. The van der Waals surface area contributed by atoms with Gasteiger partial charge in [0.15, 0.2) is 5.11 Å². The molecule has 2 aliphatic heterocycles. The number of phenols is 1. The highest BCUT2D eigenvalue weighted by Gasteiger charge is 2.20. The first-order valence-electron chi connectivity index (χ1n) is 8.60. The van der Waals surface area contributed by atoms with Crippen molar-refractivity contribution in [2.75, 3.05) is 70.5 Å². The van der Waals surface area contributed by atoms with Crippen LogP contribution in [0.2, 0.25) is 0 Å². The number of rotatable bonds is 4. The van der Waals surface area contributed by atoms with Crippen molar-refractivity contribution in [3.8, 4) is 5.75 Å². The number of nitrogens with zero attached hydrogens (tertiary/aromatic N) is 3. The second-order valence-electron chi connectivity index (χ2n) is 6.15. The van der Waals surface area contributed by atoms with E-state index in [2.05, 4.69) is 20.0 Å². The van der Waals surface area contributed by atoms with Crippen LogP contribution in [-0.4, -0.2) is 85.6 Å². The van der Waals surface area contributed by atoms with Gasteiger partial charge in [0.2, 0.25) is 0 Å². The van der Waals surface area contributed by atoms with E-state index in [1.54, 1.807) is 6.07 Å².